The quantitative estimate of drug-likeness (QED) is 0.597. The minimum atomic E-state index is -0.658. The summed E-state index contributed by atoms with van der Waals surface area (Å²) in [4.78, 5) is 12.3. The number of hydrogen-bond acceptors (Lipinski definition) is 5. The summed E-state index contributed by atoms with van der Waals surface area (Å²) in [5.74, 6) is 3.84. The molecular weight excluding hydrogens is 392 g/mol. The lowest BCUT2D eigenvalue weighted by atomic mass is 9.42. The largest absolute Gasteiger partial charge is 0.458 e. The predicted molar refractivity (Wildman–Crippen MR) is 111 cm³/mol. The fourth-order valence-corrected chi connectivity index (χ4v) is 11.2. The average Bonchev–Trinajstić information content (AvgIpc) is 3.61. The van der Waals surface area contributed by atoms with E-state index >= 15 is 0 Å². The average molecular weight is 429 g/mol. The fraction of sp³-hybridized carbons (Fsp3) is 0.962. The molecule has 1 N–H and O–H groups in total. The highest BCUT2D eigenvalue weighted by molar-refractivity contribution is 5.73. The molecule has 0 amide bonds. The van der Waals surface area contributed by atoms with Crippen LogP contribution in [0.25, 0.3) is 0 Å². The normalized spacial score (nSPS) is 64.4. The van der Waals surface area contributed by atoms with Crippen LogP contribution in [0.4, 0.5) is 0 Å². The molecule has 6 aliphatic carbocycles. The first-order valence-corrected chi connectivity index (χ1v) is 13.0. The van der Waals surface area contributed by atoms with Crippen LogP contribution >= 0.6 is 0 Å². The van der Waals surface area contributed by atoms with Crippen LogP contribution in [0.15, 0.2) is 0 Å². The Morgan fingerprint density at radius 2 is 1.68 bits per heavy atom. The summed E-state index contributed by atoms with van der Waals surface area (Å²) >= 11 is 0. The zero-order chi connectivity index (χ0) is 21.0. The Morgan fingerprint density at radius 3 is 2.42 bits per heavy atom. The van der Waals surface area contributed by atoms with Crippen molar-refractivity contribution < 1.29 is 24.1 Å². The minimum absolute atomic E-state index is 0.0399. The van der Waals surface area contributed by atoms with E-state index in [9.17, 15) is 9.90 Å². The van der Waals surface area contributed by atoms with Gasteiger partial charge in [-0.3, -0.25) is 4.79 Å². The molecule has 0 aromatic heterocycles. The third-order valence-corrected chi connectivity index (χ3v) is 12.6. The topological polar surface area (TPSA) is 65.0 Å². The van der Waals surface area contributed by atoms with Crippen molar-refractivity contribution in [2.75, 3.05) is 13.2 Å². The van der Waals surface area contributed by atoms with Gasteiger partial charge >= 0.3 is 5.97 Å². The molecule has 8 aliphatic rings. The highest BCUT2D eigenvalue weighted by atomic mass is 16.7. The maximum absolute atomic E-state index is 12.3. The van der Waals surface area contributed by atoms with Crippen molar-refractivity contribution in [3.8, 4) is 0 Å². The molecular formula is C26H36O5. The van der Waals surface area contributed by atoms with Crippen LogP contribution < -0.4 is 0 Å². The molecule has 0 aromatic carbocycles. The van der Waals surface area contributed by atoms with Crippen molar-refractivity contribution in [3.63, 3.8) is 0 Å². The Hall–Kier alpha value is -0.650. The lowest BCUT2D eigenvalue weighted by molar-refractivity contribution is -0.292. The monoisotopic (exact) mass is 428 g/mol. The van der Waals surface area contributed by atoms with E-state index in [-0.39, 0.29) is 22.4 Å². The van der Waals surface area contributed by atoms with Crippen LogP contribution in [0.2, 0.25) is 0 Å². The van der Waals surface area contributed by atoms with Gasteiger partial charge < -0.3 is 19.3 Å². The molecule has 2 heterocycles. The molecule has 8 fully saturated rings. The highest BCUT2D eigenvalue weighted by Crippen LogP contribution is 2.83. The molecule has 6 saturated carbocycles. The molecule has 2 spiro atoms. The molecule has 0 bridgehead atoms. The third kappa shape index (κ3) is 1.87. The molecule has 11 atom stereocenters. The number of aliphatic hydroxyl groups is 1. The van der Waals surface area contributed by atoms with Crippen molar-refractivity contribution in [3.05, 3.63) is 0 Å². The zero-order valence-corrected chi connectivity index (χ0v) is 18.9. The Kier molecular flexibility index (Phi) is 3.14. The van der Waals surface area contributed by atoms with E-state index < -0.39 is 11.4 Å². The number of esters is 1. The van der Waals surface area contributed by atoms with Crippen LogP contribution in [0.1, 0.15) is 71.6 Å². The van der Waals surface area contributed by atoms with E-state index in [0.717, 1.165) is 31.6 Å². The van der Waals surface area contributed by atoms with Gasteiger partial charge in [0.15, 0.2) is 5.79 Å². The van der Waals surface area contributed by atoms with E-state index in [1.54, 1.807) is 0 Å². The first-order valence-electron chi connectivity index (χ1n) is 13.0. The third-order valence-electron chi connectivity index (χ3n) is 12.6. The van der Waals surface area contributed by atoms with Gasteiger partial charge in [-0.15, -0.1) is 0 Å². The van der Waals surface area contributed by atoms with Gasteiger partial charge in [0.1, 0.15) is 5.60 Å². The van der Waals surface area contributed by atoms with Crippen LogP contribution in [-0.2, 0) is 19.0 Å². The van der Waals surface area contributed by atoms with Gasteiger partial charge in [0.2, 0.25) is 0 Å². The van der Waals surface area contributed by atoms with Gasteiger partial charge in [0.05, 0.1) is 18.8 Å². The number of fused-ring (bicyclic) bond motifs is 12. The number of ether oxygens (including phenoxy) is 3. The summed E-state index contributed by atoms with van der Waals surface area (Å²) in [5, 5.41) is 12.3. The van der Waals surface area contributed by atoms with Gasteiger partial charge in [-0.2, -0.15) is 0 Å². The SMILES string of the molecule is CC12CCC3(CC1(O)[C@@H]1C[C@@H]1C1C2CCC2(C)C1C1C[C@@H]1[C@@]21CCC(=O)O1)OCCO3. The van der Waals surface area contributed by atoms with Crippen molar-refractivity contribution in [1.29, 1.82) is 0 Å². The van der Waals surface area contributed by atoms with Crippen molar-refractivity contribution in [2.45, 2.75) is 88.6 Å². The summed E-state index contributed by atoms with van der Waals surface area (Å²) in [7, 11) is 0. The molecule has 2 aliphatic heterocycles. The van der Waals surface area contributed by atoms with Crippen LogP contribution in [0, 0.1) is 52.3 Å². The number of rotatable bonds is 0. The van der Waals surface area contributed by atoms with Crippen molar-refractivity contribution in [2.24, 2.45) is 52.3 Å². The molecule has 0 radical (unpaired) electrons. The second-order valence-electron chi connectivity index (χ2n) is 13.2. The summed E-state index contributed by atoms with van der Waals surface area (Å²) in [6.07, 6.45) is 8.91. The Bertz CT molecular complexity index is 881. The molecule has 170 valence electrons. The summed E-state index contributed by atoms with van der Waals surface area (Å²) in [5.41, 5.74) is -0.746. The number of hydrogen-bond donors (Lipinski definition) is 1. The minimum Gasteiger partial charge on any atom is -0.458 e. The molecule has 0 aromatic rings. The molecule has 5 heteroatoms. The predicted octanol–water partition coefficient (Wildman–Crippen LogP) is 3.67. The Balaban J connectivity index is 1.19. The smallest absolute Gasteiger partial charge is 0.306 e. The van der Waals surface area contributed by atoms with Gasteiger partial charge in [0, 0.05) is 36.0 Å². The Labute approximate surface area is 184 Å². The maximum atomic E-state index is 12.3. The van der Waals surface area contributed by atoms with Crippen LogP contribution in [0.3, 0.4) is 0 Å². The molecule has 31 heavy (non-hydrogen) atoms. The lowest BCUT2D eigenvalue weighted by Gasteiger charge is -2.65. The summed E-state index contributed by atoms with van der Waals surface area (Å²) in [6, 6.07) is 0. The molecule has 7 unspecified atom stereocenters. The molecule has 5 nitrogen and oxygen atoms in total. The van der Waals surface area contributed by atoms with Gasteiger partial charge in [-0.25, -0.2) is 0 Å². The van der Waals surface area contributed by atoms with E-state index in [1.165, 1.54) is 19.3 Å². The second-order valence-corrected chi connectivity index (χ2v) is 13.2. The second kappa shape index (κ2) is 5.20. The van der Waals surface area contributed by atoms with Crippen LogP contribution in [-0.4, -0.2) is 41.3 Å². The maximum Gasteiger partial charge on any atom is 0.306 e. The first-order chi connectivity index (χ1) is 14.8. The zero-order valence-electron chi connectivity index (χ0n) is 18.9. The Morgan fingerprint density at radius 1 is 0.903 bits per heavy atom. The van der Waals surface area contributed by atoms with Crippen molar-refractivity contribution in [1.82, 2.24) is 0 Å². The van der Waals surface area contributed by atoms with E-state index in [1.807, 2.05) is 0 Å². The van der Waals surface area contributed by atoms with E-state index in [0.29, 0.717) is 61.6 Å². The lowest BCUT2D eigenvalue weighted by Crippen LogP contribution is -2.67. The molecule has 8 rings (SSSR count). The van der Waals surface area contributed by atoms with E-state index in [4.69, 9.17) is 14.2 Å². The number of carbonyl (C=O) groups is 1. The van der Waals surface area contributed by atoms with Crippen molar-refractivity contribution >= 4 is 5.97 Å². The molecule has 2 saturated heterocycles. The highest BCUT2D eigenvalue weighted by Gasteiger charge is 2.83. The van der Waals surface area contributed by atoms with Gasteiger partial charge in [-0.05, 0) is 74.0 Å². The van der Waals surface area contributed by atoms with E-state index in [2.05, 4.69) is 13.8 Å². The van der Waals surface area contributed by atoms with Gasteiger partial charge in [0.25, 0.3) is 0 Å². The number of carbonyl (C=O) groups excluding carboxylic acids is 1. The fourth-order valence-electron chi connectivity index (χ4n) is 11.2. The standard InChI is InChI=1S/C26H36O5/c1-22-7-8-24(29-9-10-30-24)13-25(22,28)17-11-14(17)20-16(22)3-5-23(2)21(20)15-12-18(15)26(23)6-4-19(27)31-26/h14-18,20-21,28H,3-13H2,1-2H3/t14-,15?,16?,17+,18-,20?,21?,22?,23?,25?,26-/m0/s1. The van der Waals surface area contributed by atoms with Crippen LogP contribution in [0.5, 0.6) is 0 Å². The summed E-state index contributed by atoms with van der Waals surface area (Å²) in [6.45, 7) is 6.22. The first kappa shape index (κ1) is 18.7. The van der Waals surface area contributed by atoms with Gasteiger partial charge in [-0.1, -0.05) is 13.8 Å². The summed E-state index contributed by atoms with van der Waals surface area (Å²) < 4.78 is 18.4.